The highest BCUT2D eigenvalue weighted by Gasteiger charge is 2.33. The van der Waals surface area contributed by atoms with Crippen molar-refractivity contribution in [1.82, 2.24) is 9.62 Å². The van der Waals surface area contributed by atoms with Gasteiger partial charge in [0.1, 0.15) is 0 Å². The lowest BCUT2D eigenvalue weighted by atomic mass is 10.2. The van der Waals surface area contributed by atoms with E-state index in [-0.39, 0.29) is 6.04 Å². The molecule has 4 nitrogen and oxygen atoms in total. The maximum atomic E-state index is 12.7. The second-order valence-corrected chi connectivity index (χ2v) is 8.62. The Labute approximate surface area is 136 Å². The molecule has 1 aliphatic heterocycles. The van der Waals surface area contributed by atoms with Crippen molar-refractivity contribution in [2.45, 2.75) is 57.1 Å². The van der Waals surface area contributed by atoms with Crippen LogP contribution < -0.4 is 5.32 Å². The van der Waals surface area contributed by atoms with Gasteiger partial charge in [0, 0.05) is 29.6 Å². The first kappa shape index (κ1) is 16.9. The molecule has 0 bridgehead atoms. The van der Waals surface area contributed by atoms with Gasteiger partial charge in [-0.05, 0) is 53.4 Å². The predicted molar refractivity (Wildman–Crippen MR) is 88.7 cm³/mol. The van der Waals surface area contributed by atoms with Gasteiger partial charge in [0.05, 0.1) is 4.90 Å². The fourth-order valence-electron chi connectivity index (χ4n) is 2.58. The molecule has 1 aromatic rings. The zero-order valence-electron chi connectivity index (χ0n) is 12.8. The quantitative estimate of drug-likeness (QED) is 0.860. The van der Waals surface area contributed by atoms with E-state index in [1.165, 1.54) is 0 Å². The Morgan fingerprint density at radius 3 is 2.67 bits per heavy atom. The fraction of sp³-hybridized carbons (Fsp3) is 0.600. The Balaban J connectivity index is 2.24. The summed E-state index contributed by atoms with van der Waals surface area (Å²) in [6.45, 7) is 7.49. The molecule has 0 aromatic heterocycles. The third kappa shape index (κ3) is 3.86. The van der Waals surface area contributed by atoms with Crippen molar-refractivity contribution in [3.63, 3.8) is 0 Å². The van der Waals surface area contributed by atoms with E-state index in [1.54, 1.807) is 10.4 Å². The van der Waals surface area contributed by atoms with E-state index >= 15 is 0 Å². The van der Waals surface area contributed by atoms with Gasteiger partial charge in [-0.1, -0.05) is 19.9 Å². The molecule has 1 aliphatic rings. The molecular weight excluding hydrogens is 352 g/mol. The minimum Gasteiger partial charge on any atom is -0.310 e. The van der Waals surface area contributed by atoms with Crippen LogP contribution in [0.25, 0.3) is 0 Å². The van der Waals surface area contributed by atoms with Gasteiger partial charge in [0.2, 0.25) is 10.0 Å². The Morgan fingerprint density at radius 2 is 2.14 bits per heavy atom. The number of nitrogens with zero attached hydrogens (tertiary/aromatic N) is 1. The first-order valence-electron chi connectivity index (χ1n) is 7.36. The topological polar surface area (TPSA) is 49.4 Å². The van der Waals surface area contributed by atoms with E-state index < -0.39 is 10.0 Å². The minimum absolute atomic E-state index is 0.0872. The average Bonchev–Trinajstić information content (AvgIpc) is 2.83. The summed E-state index contributed by atoms with van der Waals surface area (Å²) in [5.74, 6) is 0. The summed E-state index contributed by atoms with van der Waals surface area (Å²) in [4.78, 5) is 0.365. The van der Waals surface area contributed by atoms with Crippen molar-refractivity contribution in [3.8, 4) is 0 Å². The van der Waals surface area contributed by atoms with Crippen LogP contribution in [0.1, 0.15) is 39.2 Å². The molecule has 0 amide bonds. The molecule has 1 saturated heterocycles. The van der Waals surface area contributed by atoms with Crippen LogP contribution in [-0.2, 0) is 16.6 Å². The van der Waals surface area contributed by atoms with Gasteiger partial charge in [-0.15, -0.1) is 0 Å². The maximum Gasteiger partial charge on any atom is 0.244 e. The summed E-state index contributed by atoms with van der Waals surface area (Å²) in [7, 11) is -3.40. The molecule has 0 spiro atoms. The molecule has 1 atom stereocenters. The molecule has 1 fully saturated rings. The molecule has 2 rings (SSSR count). The van der Waals surface area contributed by atoms with Crippen LogP contribution >= 0.6 is 15.9 Å². The number of hydrogen-bond acceptors (Lipinski definition) is 3. The molecule has 21 heavy (non-hydrogen) atoms. The third-order valence-electron chi connectivity index (χ3n) is 3.79. The number of rotatable bonds is 5. The van der Waals surface area contributed by atoms with Gasteiger partial charge < -0.3 is 5.32 Å². The van der Waals surface area contributed by atoms with Gasteiger partial charge in [-0.2, -0.15) is 4.31 Å². The Kier molecular flexibility index (Phi) is 5.46. The average molecular weight is 375 g/mol. The summed E-state index contributed by atoms with van der Waals surface area (Å²) in [6, 6.07) is 5.97. The standard InChI is InChI=1S/C15H23BrN2O2S/c1-11(2)17-10-13-6-7-15(14(16)9-13)21(19,20)18-8-4-5-12(18)3/h6-7,9,11-12,17H,4-5,8,10H2,1-3H3. The van der Waals surface area contributed by atoms with Gasteiger partial charge in [-0.3, -0.25) is 0 Å². The van der Waals surface area contributed by atoms with Crippen LogP contribution in [0.2, 0.25) is 0 Å². The second kappa shape index (κ2) is 6.77. The van der Waals surface area contributed by atoms with Gasteiger partial charge in [0.25, 0.3) is 0 Å². The number of benzene rings is 1. The van der Waals surface area contributed by atoms with Crippen molar-refractivity contribution < 1.29 is 8.42 Å². The van der Waals surface area contributed by atoms with Gasteiger partial charge >= 0.3 is 0 Å². The molecule has 0 saturated carbocycles. The fourth-order valence-corrected chi connectivity index (χ4v) is 5.36. The number of halogens is 1. The van der Waals surface area contributed by atoms with Crippen LogP contribution in [0, 0.1) is 0 Å². The van der Waals surface area contributed by atoms with E-state index in [4.69, 9.17) is 0 Å². The highest BCUT2D eigenvalue weighted by Crippen LogP contribution is 2.30. The SMILES string of the molecule is CC(C)NCc1ccc(S(=O)(=O)N2CCCC2C)c(Br)c1. The molecule has 0 radical (unpaired) electrons. The first-order chi connectivity index (χ1) is 9.82. The van der Waals surface area contributed by atoms with Crippen molar-refractivity contribution in [2.75, 3.05) is 6.54 Å². The third-order valence-corrected chi connectivity index (χ3v) is 6.78. The van der Waals surface area contributed by atoms with Crippen LogP contribution in [0.5, 0.6) is 0 Å². The molecule has 1 heterocycles. The van der Waals surface area contributed by atoms with Crippen molar-refractivity contribution in [3.05, 3.63) is 28.2 Å². The minimum atomic E-state index is -3.40. The monoisotopic (exact) mass is 374 g/mol. The van der Waals surface area contributed by atoms with Gasteiger partial charge in [0.15, 0.2) is 0 Å². The Hall–Kier alpha value is -0.430. The van der Waals surface area contributed by atoms with Crippen LogP contribution in [0.3, 0.4) is 0 Å². The van der Waals surface area contributed by atoms with E-state index in [1.807, 2.05) is 19.1 Å². The Bertz CT molecular complexity index is 602. The van der Waals surface area contributed by atoms with Gasteiger partial charge in [-0.25, -0.2) is 8.42 Å². The molecular formula is C15H23BrN2O2S. The summed E-state index contributed by atoms with van der Waals surface area (Å²) in [6.07, 6.45) is 1.88. The Morgan fingerprint density at radius 1 is 1.43 bits per heavy atom. The number of hydrogen-bond donors (Lipinski definition) is 1. The predicted octanol–water partition coefficient (Wildman–Crippen LogP) is 3.12. The van der Waals surface area contributed by atoms with Crippen molar-refractivity contribution in [1.29, 1.82) is 0 Å². The zero-order valence-corrected chi connectivity index (χ0v) is 15.2. The van der Waals surface area contributed by atoms with Crippen LogP contribution in [-0.4, -0.2) is 31.4 Å². The van der Waals surface area contributed by atoms with Crippen LogP contribution in [0.15, 0.2) is 27.6 Å². The summed E-state index contributed by atoms with van der Waals surface area (Å²) < 4.78 is 27.7. The van der Waals surface area contributed by atoms with E-state index in [0.29, 0.717) is 22.0 Å². The molecule has 6 heteroatoms. The second-order valence-electron chi connectivity index (χ2n) is 5.91. The first-order valence-corrected chi connectivity index (χ1v) is 9.59. The molecule has 118 valence electrons. The van der Waals surface area contributed by atoms with Crippen molar-refractivity contribution in [2.24, 2.45) is 0 Å². The number of sulfonamides is 1. The normalized spacial score (nSPS) is 20.3. The lowest BCUT2D eigenvalue weighted by Crippen LogP contribution is -2.33. The highest BCUT2D eigenvalue weighted by molar-refractivity contribution is 9.10. The highest BCUT2D eigenvalue weighted by atomic mass is 79.9. The number of nitrogens with one attached hydrogen (secondary N) is 1. The zero-order chi connectivity index (χ0) is 15.6. The summed E-state index contributed by atoms with van der Waals surface area (Å²) >= 11 is 3.42. The van der Waals surface area contributed by atoms with Crippen LogP contribution in [0.4, 0.5) is 0 Å². The molecule has 1 aromatic carbocycles. The lowest BCUT2D eigenvalue weighted by molar-refractivity contribution is 0.408. The summed E-state index contributed by atoms with van der Waals surface area (Å²) in [5.41, 5.74) is 1.07. The summed E-state index contributed by atoms with van der Waals surface area (Å²) in [5, 5.41) is 3.33. The van der Waals surface area contributed by atoms with E-state index in [2.05, 4.69) is 35.1 Å². The maximum absolute atomic E-state index is 12.7. The largest absolute Gasteiger partial charge is 0.310 e. The smallest absolute Gasteiger partial charge is 0.244 e. The van der Waals surface area contributed by atoms with Crippen molar-refractivity contribution >= 4 is 26.0 Å². The van der Waals surface area contributed by atoms with E-state index in [9.17, 15) is 8.42 Å². The molecule has 1 unspecified atom stereocenters. The van der Waals surface area contributed by atoms with E-state index in [0.717, 1.165) is 24.9 Å². The lowest BCUT2D eigenvalue weighted by Gasteiger charge is -2.22. The molecule has 0 aliphatic carbocycles. The molecule has 1 N–H and O–H groups in total.